The van der Waals surface area contributed by atoms with Gasteiger partial charge in [0.25, 0.3) is 5.60 Å². The maximum atomic E-state index is 14.5. The quantitative estimate of drug-likeness (QED) is 0.200. The van der Waals surface area contributed by atoms with E-state index < -0.39 is 79.3 Å². The number of ether oxygens (including phenoxy) is 1. The number of carbonyl (C=O) groups is 1. The first-order valence-electron chi connectivity index (χ1n) is 14.4. The van der Waals surface area contributed by atoms with E-state index in [-0.39, 0.29) is 36.4 Å². The molecule has 0 radical (unpaired) electrons. The minimum atomic E-state index is -6.21. The minimum Gasteiger partial charge on any atom is -0.349 e. The summed E-state index contributed by atoms with van der Waals surface area (Å²) in [4.78, 5) is 13.8. The van der Waals surface area contributed by atoms with E-state index >= 15 is 0 Å². The molecule has 16 heteroatoms. The third-order valence-corrected chi connectivity index (χ3v) is 10.7. The summed E-state index contributed by atoms with van der Waals surface area (Å²) in [7, 11) is -4.52. The van der Waals surface area contributed by atoms with Gasteiger partial charge in [0.1, 0.15) is 22.2 Å². The summed E-state index contributed by atoms with van der Waals surface area (Å²) < 4.78 is 160. The van der Waals surface area contributed by atoms with Crippen LogP contribution in [0.2, 0.25) is 0 Å². The van der Waals surface area contributed by atoms with Crippen molar-refractivity contribution in [1.29, 1.82) is 0 Å². The van der Waals surface area contributed by atoms with Gasteiger partial charge in [0.2, 0.25) is 0 Å². The van der Waals surface area contributed by atoms with Gasteiger partial charge in [-0.3, -0.25) is 0 Å². The first kappa shape index (κ1) is 37.0. The summed E-state index contributed by atoms with van der Waals surface area (Å²) in [6.45, 7) is 3.07. The summed E-state index contributed by atoms with van der Waals surface area (Å²) >= 11 is 0. The van der Waals surface area contributed by atoms with Gasteiger partial charge in [-0.2, -0.15) is 26.3 Å². The summed E-state index contributed by atoms with van der Waals surface area (Å²) in [6.07, 6.45) is -13.1. The number of piperidine rings is 1. The number of sulfone groups is 1. The molecule has 262 valence electrons. The largest absolute Gasteiger partial charge is 0.430 e. The highest BCUT2D eigenvalue weighted by molar-refractivity contribution is 7.92. The number of amides is 2. The molecule has 0 bridgehead atoms. The predicted octanol–water partition coefficient (Wildman–Crippen LogP) is 7.91. The van der Waals surface area contributed by atoms with Crippen molar-refractivity contribution >= 4 is 15.9 Å². The van der Waals surface area contributed by atoms with Gasteiger partial charge in [-0.25, -0.2) is 26.4 Å². The maximum absolute atomic E-state index is 14.5. The van der Waals surface area contributed by atoms with E-state index in [9.17, 15) is 52.7 Å². The highest BCUT2D eigenvalue weighted by Gasteiger charge is 2.73. The zero-order chi connectivity index (χ0) is 35.9. The standard InChI is InChI=1S/C32H31F9N2O4S/c1-28(2,3)42-27(44)43-17-15-29(16-18-43,48(45,46)23-13-11-22(33)12-14-23)20-7-9-21(10-8-20)30(31(36,37)38,32(39,40)41)47-19-24-25(34)5-4-6-26(24)35/h4-14H,15-19H2,1-3H3,(H,42,44). The molecule has 4 rings (SSSR count). The predicted molar refractivity (Wildman–Crippen MR) is 156 cm³/mol. The number of urea groups is 1. The van der Waals surface area contributed by atoms with Crippen LogP contribution in [-0.4, -0.2) is 50.3 Å². The second kappa shape index (κ2) is 12.9. The Bertz CT molecular complexity index is 1690. The molecule has 3 aromatic carbocycles. The number of alkyl halides is 6. The lowest BCUT2D eigenvalue weighted by atomic mass is 9.85. The normalized spacial score (nSPS) is 16.1. The molecule has 0 saturated carbocycles. The molecule has 0 aromatic heterocycles. The Morgan fingerprint density at radius 1 is 0.812 bits per heavy atom. The lowest BCUT2D eigenvalue weighted by Crippen LogP contribution is -2.56. The van der Waals surface area contributed by atoms with Crippen molar-refractivity contribution in [2.75, 3.05) is 13.1 Å². The lowest BCUT2D eigenvalue weighted by molar-refractivity contribution is -0.392. The molecule has 6 nitrogen and oxygen atoms in total. The fourth-order valence-corrected chi connectivity index (χ4v) is 7.73. The van der Waals surface area contributed by atoms with Gasteiger partial charge in [-0.15, -0.1) is 0 Å². The van der Waals surface area contributed by atoms with Gasteiger partial charge in [0.15, 0.2) is 9.84 Å². The zero-order valence-electron chi connectivity index (χ0n) is 25.8. The van der Waals surface area contributed by atoms with Gasteiger partial charge in [-0.05, 0) is 75.6 Å². The lowest BCUT2D eigenvalue weighted by Gasteiger charge is -2.42. The molecule has 0 spiro atoms. The van der Waals surface area contributed by atoms with Crippen LogP contribution in [-0.2, 0) is 31.5 Å². The van der Waals surface area contributed by atoms with Crippen LogP contribution in [0.15, 0.2) is 71.6 Å². The Morgan fingerprint density at radius 3 is 1.77 bits per heavy atom. The van der Waals surface area contributed by atoms with Gasteiger partial charge in [-0.1, -0.05) is 30.3 Å². The summed E-state index contributed by atoms with van der Waals surface area (Å²) in [6, 6.07) is 7.70. The van der Waals surface area contributed by atoms with Crippen molar-refractivity contribution in [3.63, 3.8) is 0 Å². The molecular weight excluding hydrogens is 679 g/mol. The van der Waals surface area contributed by atoms with Crippen molar-refractivity contribution in [2.24, 2.45) is 0 Å². The second-order valence-corrected chi connectivity index (χ2v) is 14.6. The smallest absolute Gasteiger partial charge is 0.349 e. The number of hydrogen-bond donors (Lipinski definition) is 1. The van der Waals surface area contributed by atoms with E-state index in [1.165, 1.54) is 4.90 Å². The van der Waals surface area contributed by atoms with E-state index in [0.717, 1.165) is 42.5 Å². The highest BCUT2D eigenvalue weighted by atomic mass is 32.2. The third-order valence-electron chi connectivity index (χ3n) is 8.09. The number of rotatable bonds is 7. The van der Waals surface area contributed by atoms with Crippen LogP contribution in [0.5, 0.6) is 0 Å². The Labute approximate surface area is 270 Å². The van der Waals surface area contributed by atoms with Crippen LogP contribution in [0.1, 0.15) is 50.3 Å². The Kier molecular flexibility index (Phi) is 9.96. The van der Waals surface area contributed by atoms with Crippen molar-refractivity contribution in [1.82, 2.24) is 10.2 Å². The second-order valence-electron chi connectivity index (χ2n) is 12.4. The Morgan fingerprint density at radius 2 is 1.31 bits per heavy atom. The first-order valence-corrected chi connectivity index (χ1v) is 15.9. The number of likely N-dealkylation sites (tertiary alicyclic amines) is 1. The van der Waals surface area contributed by atoms with E-state index in [0.29, 0.717) is 24.3 Å². The molecule has 0 unspecified atom stereocenters. The molecule has 48 heavy (non-hydrogen) atoms. The summed E-state index contributed by atoms with van der Waals surface area (Å²) in [5.74, 6) is -3.62. The van der Waals surface area contributed by atoms with Gasteiger partial charge < -0.3 is 15.0 Å². The van der Waals surface area contributed by atoms with Crippen LogP contribution in [0.25, 0.3) is 0 Å². The molecular formula is C32H31F9N2O4S. The zero-order valence-corrected chi connectivity index (χ0v) is 26.6. The van der Waals surface area contributed by atoms with Crippen LogP contribution in [0, 0.1) is 17.5 Å². The van der Waals surface area contributed by atoms with Crippen molar-refractivity contribution in [2.45, 2.75) is 73.4 Å². The van der Waals surface area contributed by atoms with E-state index in [2.05, 4.69) is 10.1 Å². The third kappa shape index (κ3) is 6.86. The van der Waals surface area contributed by atoms with Crippen molar-refractivity contribution < 1.29 is 57.5 Å². The van der Waals surface area contributed by atoms with Crippen LogP contribution in [0.4, 0.5) is 44.3 Å². The van der Waals surface area contributed by atoms with Crippen LogP contribution >= 0.6 is 0 Å². The molecule has 1 heterocycles. The average Bonchev–Trinajstić information content (AvgIpc) is 2.97. The fourth-order valence-electron chi connectivity index (χ4n) is 5.62. The molecule has 2 amide bonds. The Balaban J connectivity index is 1.82. The molecule has 0 aliphatic carbocycles. The molecule has 1 aliphatic rings. The monoisotopic (exact) mass is 710 g/mol. The number of nitrogens with one attached hydrogen (secondary N) is 1. The topological polar surface area (TPSA) is 75.7 Å². The molecule has 1 aliphatic heterocycles. The highest BCUT2D eigenvalue weighted by Crippen LogP contribution is 2.54. The molecule has 1 saturated heterocycles. The van der Waals surface area contributed by atoms with Crippen LogP contribution < -0.4 is 5.32 Å². The maximum Gasteiger partial charge on any atom is 0.430 e. The molecule has 1 N–H and O–H groups in total. The fraction of sp³-hybridized carbons (Fsp3) is 0.406. The van der Waals surface area contributed by atoms with E-state index in [1.54, 1.807) is 20.8 Å². The van der Waals surface area contributed by atoms with Gasteiger partial charge in [0, 0.05) is 29.8 Å². The van der Waals surface area contributed by atoms with Crippen molar-refractivity contribution in [3.05, 3.63) is 101 Å². The first-order chi connectivity index (χ1) is 22.1. The number of hydrogen-bond acceptors (Lipinski definition) is 4. The van der Waals surface area contributed by atoms with Gasteiger partial charge in [0.05, 0.1) is 11.5 Å². The van der Waals surface area contributed by atoms with E-state index in [4.69, 9.17) is 0 Å². The van der Waals surface area contributed by atoms with E-state index in [1.807, 2.05) is 0 Å². The Hall–Kier alpha value is -3.79. The van der Waals surface area contributed by atoms with Crippen LogP contribution in [0.3, 0.4) is 0 Å². The van der Waals surface area contributed by atoms with Crippen molar-refractivity contribution in [3.8, 4) is 0 Å². The number of nitrogens with zero attached hydrogens (tertiary/aromatic N) is 1. The minimum absolute atomic E-state index is 0.170. The molecule has 3 aromatic rings. The number of halogens is 9. The SMILES string of the molecule is CC(C)(C)NC(=O)N1CCC(c2ccc(C(OCc3c(F)cccc3F)(C(F)(F)F)C(F)(F)F)cc2)(S(=O)(=O)c2ccc(F)cc2)CC1. The average molecular weight is 711 g/mol. The molecule has 1 fully saturated rings. The summed E-state index contributed by atoms with van der Waals surface area (Å²) in [5.41, 5.74) is -8.63. The summed E-state index contributed by atoms with van der Waals surface area (Å²) in [5, 5.41) is 2.74. The number of carbonyl (C=O) groups excluding carboxylic acids is 1. The van der Waals surface area contributed by atoms with Gasteiger partial charge >= 0.3 is 18.4 Å². The molecule has 0 atom stereocenters. The number of benzene rings is 3.